The second-order valence-corrected chi connectivity index (χ2v) is 3.90. The second-order valence-electron chi connectivity index (χ2n) is 2.19. The van der Waals surface area contributed by atoms with Crippen molar-refractivity contribution in [2.45, 2.75) is 18.5 Å². The molecule has 3 N–H and O–H groups in total. The van der Waals surface area contributed by atoms with E-state index >= 15 is 0 Å². The molecule has 0 saturated carbocycles. The molecular formula is C4H7F3N2O3S. The van der Waals surface area contributed by atoms with Crippen molar-refractivity contribution in [1.29, 1.82) is 0 Å². The molecule has 0 aromatic heterocycles. The van der Waals surface area contributed by atoms with E-state index in [1.54, 1.807) is 0 Å². The molecule has 0 aliphatic rings. The summed E-state index contributed by atoms with van der Waals surface area (Å²) in [5, 5.41) is 0. The smallest absolute Gasteiger partial charge is 0.368 e. The summed E-state index contributed by atoms with van der Waals surface area (Å²) in [5.74, 6) is -1.19. The van der Waals surface area contributed by atoms with E-state index in [1.807, 2.05) is 0 Å². The van der Waals surface area contributed by atoms with E-state index in [9.17, 15) is 26.4 Å². The number of alkyl halides is 3. The number of sulfonamides is 1. The molecule has 0 aliphatic heterocycles. The zero-order valence-corrected chi connectivity index (χ0v) is 7.24. The van der Waals surface area contributed by atoms with Crippen LogP contribution in [0.1, 0.15) is 6.92 Å². The molecule has 0 aromatic carbocycles. The number of hydrogen-bond acceptors (Lipinski definition) is 3. The first-order valence-corrected chi connectivity index (χ1v) is 4.44. The number of carbonyl (C=O) groups is 1. The number of halogens is 3. The summed E-state index contributed by atoms with van der Waals surface area (Å²) in [6, 6.07) is -1.59. The minimum absolute atomic E-state index is 0.908. The van der Waals surface area contributed by atoms with Crippen molar-refractivity contribution in [3.05, 3.63) is 0 Å². The Bertz CT molecular complexity index is 296. The summed E-state index contributed by atoms with van der Waals surface area (Å²) in [7, 11) is -5.49. The highest BCUT2D eigenvalue weighted by Gasteiger charge is 2.46. The van der Waals surface area contributed by atoms with Crippen LogP contribution in [-0.2, 0) is 14.8 Å². The van der Waals surface area contributed by atoms with Crippen LogP contribution in [0.4, 0.5) is 13.2 Å². The maximum absolute atomic E-state index is 11.7. The van der Waals surface area contributed by atoms with Gasteiger partial charge in [0.25, 0.3) is 0 Å². The highest BCUT2D eigenvalue weighted by Crippen LogP contribution is 2.21. The van der Waals surface area contributed by atoms with Crippen molar-refractivity contribution in [2.24, 2.45) is 5.73 Å². The fraction of sp³-hybridized carbons (Fsp3) is 0.750. The first-order chi connectivity index (χ1) is 5.58. The lowest BCUT2D eigenvalue weighted by Gasteiger charge is -2.12. The minimum atomic E-state index is -5.49. The topological polar surface area (TPSA) is 89.3 Å². The summed E-state index contributed by atoms with van der Waals surface area (Å²) in [4.78, 5) is 10.2. The van der Waals surface area contributed by atoms with Crippen molar-refractivity contribution < 1.29 is 26.4 Å². The van der Waals surface area contributed by atoms with Crippen molar-refractivity contribution in [1.82, 2.24) is 4.72 Å². The number of amides is 1. The van der Waals surface area contributed by atoms with Crippen LogP contribution in [0, 0.1) is 0 Å². The summed E-state index contributed by atoms with van der Waals surface area (Å²) >= 11 is 0. The van der Waals surface area contributed by atoms with Gasteiger partial charge in [0.1, 0.15) is 0 Å². The van der Waals surface area contributed by atoms with Crippen LogP contribution >= 0.6 is 0 Å². The first-order valence-electron chi connectivity index (χ1n) is 2.96. The van der Waals surface area contributed by atoms with Gasteiger partial charge in [0, 0.05) is 0 Å². The fourth-order valence-electron chi connectivity index (χ4n) is 0.358. The van der Waals surface area contributed by atoms with Gasteiger partial charge < -0.3 is 5.73 Å². The van der Waals surface area contributed by atoms with E-state index in [2.05, 4.69) is 5.73 Å². The van der Waals surface area contributed by atoms with Gasteiger partial charge in [-0.25, -0.2) is 8.42 Å². The van der Waals surface area contributed by atoms with E-state index in [1.165, 1.54) is 0 Å². The van der Waals surface area contributed by atoms with E-state index < -0.39 is 27.5 Å². The molecule has 1 atom stereocenters. The Morgan fingerprint density at radius 3 is 2.08 bits per heavy atom. The Labute approximate surface area is 72.1 Å². The third kappa shape index (κ3) is 3.19. The number of hydrogen-bond donors (Lipinski definition) is 2. The second kappa shape index (κ2) is 3.50. The van der Waals surface area contributed by atoms with E-state index in [0.717, 1.165) is 11.6 Å². The Hall–Kier alpha value is -0.830. The predicted octanol–water partition coefficient (Wildman–Crippen LogP) is -0.701. The molecule has 0 spiro atoms. The summed E-state index contributed by atoms with van der Waals surface area (Å²) in [6.45, 7) is 0.908. The normalized spacial score (nSPS) is 15.4. The standard InChI is InChI=1S/C4H7F3N2O3S/c1-2(3(8)10)9-13(11,12)4(5,6)7/h2,9H,1H3,(H2,8,10). The molecule has 0 fully saturated rings. The number of nitrogens with two attached hydrogens (primary N) is 1. The van der Waals surface area contributed by atoms with Crippen LogP contribution in [0.15, 0.2) is 0 Å². The number of nitrogens with one attached hydrogen (secondary N) is 1. The van der Waals surface area contributed by atoms with Crippen molar-refractivity contribution in [3.63, 3.8) is 0 Å². The largest absolute Gasteiger partial charge is 0.511 e. The molecule has 0 saturated heterocycles. The summed E-state index contributed by atoms with van der Waals surface area (Å²) < 4.78 is 56.7. The van der Waals surface area contributed by atoms with Gasteiger partial charge in [0.05, 0.1) is 6.04 Å². The zero-order chi connectivity index (χ0) is 10.9. The van der Waals surface area contributed by atoms with E-state index in [4.69, 9.17) is 0 Å². The summed E-state index contributed by atoms with van der Waals surface area (Å²) in [6.07, 6.45) is 0. The van der Waals surface area contributed by atoms with Gasteiger partial charge >= 0.3 is 15.5 Å². The molecule has 1 amide bonds. The Morgan fingerprint density at radius 1 is 1.46 bits per heavy atom. The lowest BCUT2D eigenvalue weighted by Crippen LogP contribution is -2.47. The molecule has 1 unspecified atom stereocenters. The van der Waals surface area contributed by atoms with Crippen molar-refractivity contribution in [2.75, 3.05) is 0 Å². The molecule has 78 valence electrons. The maximum atomic E-state index is 11.7. The minimum Gasteiger partial charge on any atom is -0.368 e. The fourth-order valence-corrected chi connectivity index (χ4v) is 1.07. The Morgan fingerprint density at radius 2 is 1.85 bits per heavy atom. The summed E-state index contributed by atoms with van der Waals surface area (Å²) in [5.41, 5.74) is -0.881. The van der Waals surface area contributed by atoms with E-state index in [-0.39, 0.29) is 0 Å². The molecule has 13 heavy (non-hydrogen) atoms. The van der Waals surface area contributed by atoms with Gasteiger partial charge in [-0.3, -0.25) is 4.79 Å². The van der Waals surface area contributed by atoms with Crippen LogP contribution in [-0.4, -0.2) is 25.9 Å². The molecule has 0 aromatic rings. The molecule has 9 heteroatoms. The first kappa shape index (κ1) is 12.2. The predicted molar refractivity (Wildman–Crippen MR) is 36.8 cm³/mol. The van der Waals surface area contributed by atoms with Gasteiger partial charge in [-0.15, -0.1) is 0 Å². The Balaban J connectivity index is 4.64. The third-order valence-electron chi connectivity index (χ3n) is 1.06. The number of rotatable bonds is 3. The van der Waals surface area contributed by atoms with Gasteiger partial charge in [-0.2, -0.15) is 17.9 Å². The highest BCUT2D eigenvalue weighted by molar-refractivity contribution is 7.90. The quantitative estimate of drug-likeness (QED) is 0.659. The maximum Gasteiger partial charge on any atom is 0.511 e. The zero-order valence-electron chi connectivity index (χ0n) is 6.42. The lowest BCUT2D eigenvalue weighted by atomic mass is 10.4. The number of carbonyl (C=O) groups excluding carboxylic acids is 1. The van der Waals surface area contributed by atoms with Crippen molar-refractivity contribution >= 4 is 15.9 Å². The monoisotopic (exact) mass is 220 g/mol. The van der Waals surface area contributed by atoms with Gasteiger partial charge in [-0.1, -0.05) is 0 Å². The van der Waals surface area contributed by atoms with Crippen LogP contribution < -0.4 is 10.5 Å². The molecule has 5 nitrogen and oxygen atoms in total. The molecule has 0 rings (SSSR count). The van der Waals surface area contributed by atoms with Gasteiger partial charge in [0.2, 0.25) is 5.91 Å². The third-order valence-corrected chi connectivity index (χ3v) is 2.34. The molecule has 0 aliphatic carbocycles. The molecule has 0 heterocycles. The van der Waals surface area contributed by atoms with E-state index in [0.29, 0.717) is 0 Å². The lowest BCUT2D eigenvalue weighted by molar-refractivity contribution is -0.119. The average molecular weight is 220 g/mol. The average Bonchev–Trinajstić information content (AvgIpc) is 1.83. The van der Waals surface area contributed by atoms with Crippen LogP contribution in [0.3, 0.4) is 0 Å². The highest BCUT2D eigenvalue weighted by atomic mass is 32.2. The van der Waals surface area contributed by atoms with Crippen LogP contribution in [0.2, 0.25) is 0 Å². The van der Waals surface area contributed by atoms with Crippen LogP contribution in [0.5, 0.6) is 0 Å². The van der Waals surface area contributed by atoms with Gasteiger partial charge in [0.15, 0.2) is 0 Å². The van der Waals surface area contributed by atoms with Crippen LogP contribution in [0.25, 0.3) is 0 Å². The number of primary amides is 1. The van der Waals surface area contributed by atoms with Gasteiger partial charge in [-0.05, 0) is 6.92 Å². The molecule has 0 bridgehead atoms. The molecular weight excluding hydrogens is 213 g/mol. The SMILES string of the molecule is CC(NS(=O)(=O)C(F)(F)F)C(N)=O. The Kier molecular flexibility index (Phi) is 3.28. The van der Waals surface area contributed by atoms with Crippen molar-refractivity contribution in [3.8, 4) is 0 Å². The molecule has 0 radical (unpaired) electrons.